The quantitative estimate of drug-likeness (QED) is 0.132. The lowest BCUT2D eigenvalue weighted by molar-refractivity contribution is -0.136. The Morgan fingerprint density at radius 2 is 1.56 bits per heavy atom. The molecule has 0 aromatic carbocycles. The Kier molecular flexibility index (Phi) is 10.8. The van der Waals surface area contributed by atoms with Gasteiger partial charge >= 0.3 is 17.3 Å². The van der Waals surface area contributed by atoms with Gasteiger partial charge in [0, 0.05) is 37.7 Å². The predicted octanol–water partition coefficient (Wildman–Crippen LogP) is -5.88. The molecule has 2 aliphatic rings. The van der Waals surface area contributed by atoms with E-state index >= 15 is 0 Å². The van der Waals surface area contributed by atoms with Crippen LogP contribution in [0.15, 0.2) is 37.6 Å². The number of aliphatic hydroxyl groups is 5. The SMILES string of the molecule is CO[C@@H]1[C@H](O)[C@@H](CO)O[C@H]1n1ccc(=O)[nH]c1=O.O=C(O)CNCc1cn([C@@H]2O[C@H](CO)[C@@H](O)[C@H]2O)c(=O)[nH]c1=O. The first-order chi connectivity index (χ1) is 19.4. The van der Waals surface area contributed by atoms with E-state index in [9.17, 15) is 39.3 Å². The first kappa shape index (κ1) is 32.0. The highest BCUT2D eigenvalue weighted by molar-refractivity contribution is 5.68. The van der Waals surface area contributed by atoms with Gasteiger partial charge in [-0.2, -0.15) is 0 Å². The number of methoxy groups -OCH3 is 1. The highest BCUT2D eigenvalue weighted by atomic mass is 16.6. The normalized spacial score (nSPS) is 29.2. The van der Waals surface area contributed by atoms with Crippen LogP contribution in [0.25, 0.3) is 0 Å². The average molecular weight is 590 g/mol. The maximum atomic E-state index is 11.9. The molecule has 9 N–H and O–H groups in total. The number of hydrogen-bond donors (Lipinski definition) is 9. The van der Waals surface area contributed by atoms with Crippen LogP contribution < -0.4 is 27.8 Å². The summed E-state index contributed by atoms with van der Waals surface area (Å²) in [6.07, 6.45) is -6.44. The zero-order valence-electron chi connectivity index (χ0n) is 21.5. The smallest absolute Gasteiger partial charge is 0.330 e. The fourth-order valence-electron chi connectivity index (χ4n) is 4.23. The van der Waals surface area contributed by atoms with Gasteiger partial charge in [0.1, 0.15) is 36.6 Å². The van der Waals surface area contributed by atoms with Crippen molar-refractivity contribution in [3.05, 3.63) is 65.7 Å². The minimum absolute atomic E-state index is 0.0450. The van der Waals surface area contributed by atoms with E-state index in [1.54, 1.807) is 0 Å². The van der Waals surface area contributed by atoms with Crippen LogP contribution >= 0.6 is 0 Å². The fraction of sp³-hybridized carbons (Fsp3) is 0.591. The summed E-state index contributed by atoms with van der Waals surface area (Å²) in [5.41, 5.74) is -2.73. The van der Waals surface area contributed by atoms with Crippen LogP contribution in [0.3, 0.4) is 0 Å². The van der Waals surface area contributed by atoms with Gasteiger partial charge in [-0.1, -0.05) is 0 Å². The van der Waals surface area contributed by atoms with Gasteiger partial charge in [-0.25, -0.2) is 9.59 Å². The third kappa shape index (κ3) is 7.22. The van der Waals surface area contributed by atoms with Crippen LogP contribution in [-0.4, -0.2) is 119 Å². The van der Waals surface area contributed by atoms with Crippen molar-refractivity contribution in [2.45, 2.75) is 55.6 Å². The van der Waals surface area contributed by atoms with E-state index in [1.807, 2.05) is 4.98 Å². The first-order valence-electron chi connectivity index (χ1n) is 12.1. The molecule has 0 amide bonds. The molecule has 2 aromatic heterocycles. The number of hydrogen-bond acceptors (Lipinski definition) is 14. The van der Waals surface area contributed by atoms with Gasteiger partial charge in [-0.05, 0) is 0 Å². The first-order valence-corrected chi connectivity index (χ1v) is 12.1. The number of aromatic nitrogens is 4. The van der Waals surface area contributed by atoms with Crippen molar-refractivity contribution in [2.75, 3.05) is 26.9 Å². The number of nitrogens with one attached hydrogen (secondary N) is 3. The summed E-state index contributed by atoms with van der Waals surface area (Å²) in [6.45, 7) is -1.46. The van der Waals surface area contributed by atoms with Gasteiger partial charge < -0.3 is 50.2 Å². The number of nitrogens with zero attached hydrogens (tertiary/aromatic N) is 2. The average Bonchev–Trinajstić information content (AvgIpc) is 3.40. The van der Waals surface area contributed by atoms with Gasteiger partial charge in [0.05, 0.1) is 19.8 Å². The molecule has 228 valence electrons. The van der Waals surface area contributed by atoms with Crippen LogP contribution in [0.1, 0.15) is 18.0 Å². The Labute approximate surface area is 228 Å². The van der Waals surface area contributed by atoms with Crippen LogP contribution in [0.4, 0.5) is 0 Å². The van der Waals surface area contributed by atoms with E-state index in [0.717, 1.165) is 21.4 Å². The van der Waals surface area contributed by atoms with Crippen molar-refractivity contribution in [3.8, 4) is 0 Å². The lowest BCUT2D eigenvalue weighted by Crippen LogP contribution is -2.39. The van der Waals surface area contributed by atoms with E-state index in [1.165, 1.54) is 13.3 Å². The largest absolute Gasteiger partial charge is 0.480 e. The van der Waals surface area contributed by atoms with E-state index in [0.29, 0.717) is 0 Å². The molecule has 0 spiro atoms. The highest BCUT2D eigenvalue weighted by Gasteiger charge is 2.45. The van der Waals surface area contributed by atoms with Crippen molar-refractivity contribution < 1.29 is 49.6 Å². The standard InChI is InChI=1S/C12H17N3O8.C10H14N2O6/c16-4-6-8(19)9(20)11(23-6)15-3-5(1-13-2-7(17)18)10(21)14-12(15)22;1-17-8-7(15)5(4-13)18-9(8)12-3-2-6(14)11-10(12)16/h3,6,8-9,11,13,16,19-20H,1-2,4H2,(H,17,18)(H,14,21,22);2-3,5,7-9,13,15H,4H2,1H3,(H,11,14,16)/t6-,8-,9-,11-;5-,7-,8-,9-/m11/s1. The van der Waals surface area contributed by atoms with Crippen LogP contribution in [-0.2, 0) is 25.5 Å². The summed E-state index contributed by atoms with van der Waals surface area (Å²) in [5.74, 6) is -1.11. The summed E-state index contributed by atoms with van der Waals surface area (Å²) < 4.78 is 17.6. The number of aromatic amines is 2. The molecule has 0 saturated carbocycles. The molecule has 2 aromatic rings. The second-order valence-electron chi connectivity index (χ2n) is 9.00. The third-order valence-electron chi connectivity index (χ3n) is 6.31. The van der Waals surface area contributed by atoms with Crippen LogP contribution in [0.5, 0.6) is 0 Å². The molecule has 8 atom stereocenters. The minimum Gasteiger partial charge on any atom is -0.480 e. The molecule has 0 bridgehead atoms. The Balaban J connectivity index is 0.000000232. The molecule has 41 heavy (non-hydrogen) atoms. The maximum Gasteiger partial charge on any atom is 0.330 e. The van der Waals surface area contributed by atoms with Crippen LogP contribution in [0.2, 0.25) is 0 Å². The number of H-pyrrole nitrogens is 2. The van der Waals surface area contributed by atoms with Crippen LogP contribution in [0, 0.1) is 0 Å². The minimum atomic E-state index is -1.48. The summed E-state index contributed by atoms with van der Waals surface area (Å²) >= 11 is 0. The highest BCUT2D eigenvalue weighted by Crippen LogP contribution is 2.30. The van der Waals surface area contributed by atoms with E-state index in [2.05, 4.69) is 10.3 Å². The van der Waals surface area contributed by atoms with Crippen molar-refractivity contribution in [3.63, 3.8) is 0 Å². The van der Waals surface area contributed by atoms with E-state index in [4.69, 9.17) is 29.5 Å². The third-order valence-corrected chi connectivity index (χ3v) is 6.31. The summed E-state index contributed by atoms with van der Waals surface area (Å²) in [6, 6.07) is 1.16. The molecule has 2 aliphatic heterocycles. The Morgan fingerprint density at radius 3 is 2.12 bits per heavy atom. The second-order valence-corrected chi connectivity index (χ2v) is 9.00. The zero-order chi connectivity index (χ0) is 30.4. The number of carbonyl (C=O) groups is 1. The number of aliphatic carboxylic acids is 1. The molecule has 0 radical (unpaired) electrons. The lowest BCUT2D eigenvalue weighted by atomic mass is 10.1. The molecule has 4 heterocycles. The number of rotatable bonds is 9. The molecule has 2 saturated heterocycles. The molecular weight excluding hydrogens is 558 g/mol. The van der Waals surface area contributed by atoms with Gasteiger partial charge in [0.15, 0.2) is 12.5 Å². The zero-order valence-corrected chi connectivity index (χ0v) is 21.5. The van der Waals surface area contributed by atoms with Gasteiger partial charge in [0.25, 0.3) is 11.1 Å². The number of carboxylic acids is 1. The Bertz CT molecular complexity index is 1420. The Hall–Kier alpha value is -3.53. The molecule has 2 fully saturated rings. The predicted molar refractivity (Wildman–Crippen MR) is 133 cm³/mol. The number of aliphatic hydroxyl groups excluding tert-OH is 5. The summed E-state index contributed by atoms with van der Waals surface area (Å²) in [7, 11) is 1.36. The Morgan fingerprint density at radius 1 is 0.951 bits per heavy atom. The molecule has 0 unspecified atom stereocenters. The van der Waals surface area contributed by atoms with Crippen molar-refractivity contribution in [1.29, 1.82) is 0 Å². The number of ether oxygens (including phenoxy) is 3. The second kappa shape index (κ2) is 13.9. The van der Waals surface area contributed by atoms with Gasteiger partial charge in [-0.3, -0.25) is 33.5 Å². The lowest BCUT2D eigenvalue weighted by Gasteiger charge is -2.19. The van der Waals surface area contributed by atoms with E-state index < -0.39 is 90.8 Å². The molecule has 19 heteroatoms. The molecule has 0 aliphatic carbocycles. The van der Waals surface area contributed by atoms with Gasteiger partial charge in [0.2, 0.25) is 0 Å². The van der Waals surface area contributed by atoms with E-state index in [-0.39, 0.29) is 18.7 Å². The molecule has 4 rings (SSSR count). The molecule has 19 nitrogen and oxygen atoms in total. The molecular formula is C22H31N5O14. The van der Waals surface area contributed by atoms with Crippen molar-refractivity contribution in [1.82, 2.24) is 24.4 Å². The topological polar surface area (TPSA) is 288 Å². The van der Waals surface area contributed by atoms with Crippen molar-refractivity contribution in [2.24, 2.45) is 0 Å². The monoisotopic (exact) mass is 589 g/mol. The summed E-state index contributed by atoms with van der Waals surface area (Å²) in [5, 5.41) is 58.6. The maximum absolute atomic E-state index is 11.9. The number of carboxylic acid groups (broad SMARTS) is 1. The van der Waals surface area contributed by atoms with Crippen molar-refractivity contribution >= 4 is 5.97 Å². The summed E-state index contributed by atoms with van der Waals surface area (Å²) in [4.78, 5) is 60.7. The van der Waals surface area contributed by atoms with Gasteiger partial charge in [-0.15, -0.1) is 0 Å². The fourth-order valence-corrected chi connectivity index (χ4v) is 4.23.